The third-order valence-electron chi connectivity index (χ3n) is 2.48. The Bertz CT molecular complexity index is 564. The number of aryl methyl sites for hydroxylation is 1. The van der Waals surface area contributed by atoms with Crippen LogP contribution >= 0.6 is 0 Å². The molecule has 0 aliphatic rings. The summed E-state index contributed by atoms with van der Waals surface area (Å²) in [6, 6.07) is 7.15. The van der Waals surface area contributed by atoms with Crippen molar-refractivity contribution in [2.75, 3.05) is 7.11 Å². The van der Waals surface area contributed by atoms with Crippen LogP contribution in [0.25, 0.3) is 10.9 Å². The van der Waals surface area contributed by atoms with Crippen LogP contribution in [0.4, 0.5) is 0 Å². The molecular formula is C12H12N2O2. The molecule has 1 aromatic heterocycles. The summed E-state index contributed by atoms with van der Waals surface area (Å²) in [5, 5.41) is 0.991. The van der Waals surface area contributed by atoms with Crippen LogP contribution in [0.3, 0.4) is 0 Å². The van der Waals surface area contributed by atoms with Crippen molar-refractivity contribution in [2.45, 2.75) is 6.92 Å². The molecule has 82 valence electrons. The zero-order valence-electron chi connectivity index (χ0n) is 9.15. The Balaban J connectivity index is 2.72. The minimum Gasteiger partial charge on any atom is -0.481 e. The van der Waals surface area contributed by atoms with E-state index < -0.39 is 5.91 Å². The quantitative estimate of drug-likeness (QED) is 0.830. The summed E-state index contributed by atoms with van der Waals surface area (Å²) in [4.78, 5) is 15.4. The van der Waals surface area contributed by atoms with Gasteiger partial charge in [0.15, 0.2) is 0 Å². The lowest BCUT2D eigenvalue weighted by Gasteiger charge is -2.06. The molecule has 0 unspecified atom stereocenters. The zero-order chi connectivity index (χ0) is 11.7. The molecule has 0 fully saturated rings. The van der Waals surface area contributed by atoms with Crippen molar-refractivity contribution in [2.24, 2.45) is 5.73 Å². The highest BCUT2D eigenvalue weighted by molar-refractivity contribution is 5.97. The second-order valence-corrected chi connectivity index (χ2v) is 3.58. The Morgan fingerprint density at radius 1 is 1.38 bits per heavy atom. The van der Waals surface area contributed by atoms with Crippen LogP contribution in [0.15, 0.2) is 24.3 Å². The minimum absolute atomic E-state index is 0.449. The predicted octanol–water partition coefficient (Wildman–Crippen LogP) is 1.65. The smallest absolute Gasteiger partial charge is 0.248 e. The Labute approximate surface area is 93.0 Å². The van der Waals surface area contributed by atoms with E-state index in [1.807, 2.05) is 13.0 Å². The predicted molar refractivity (Wildman–Crippen MR) is 61.5 cm³/mol. The average Bonchev–Trinajstić information content (AvgIpc) is 2.28. The van der Waals surface area contributed by atoms with Gasteiger partial charge in [-0.15, -0.1) is 0 Å². The molecule has 0 spiro atoms. The van der Waals surface area contributed by atoms with Gasteiger partial charge in [0.2, 0.25) is 11.8 Å². The highest BCUT2D eigenvalue weighted by Gasteiger charge is 2.06. The Morgan fingerprint density at radius 3 is 2.75 bits per heavy atom. The summed E-state index contributed by atoms with van der Waals surface area (Å²) in [5.74, 6) is 0.0724. The normalized spacial score (nSPS) is 10.4. The van der Waals surface area contributed by atoms with Gasteiger partial charge in [-0.3, -0.25) is 4.79 Å². The van der Waals surface area contributed by atoms with E-state index in [1.54, 1.807) is 25.3 Å². The van der Waals surface area contributed by atoms with E-state index in [2.05, 4.69) is 4.98 Å². The van der Waals surface area contributed by atoms with Gasteiger partial charge in [-0.1, -0.05) is 0 Å². The number of carbonyl (C=O) groups is 1. The molecule has 16 heavy (non-hydrogen) atoms. The fourth-order valence-corrected chi connectivity index (χ4v) is 1.66. The molecule has 4 heteroatoms. The Kier molecular flexibility index (Phi) is 2.48. The van der Waals surface area contributed by atoms with Crippen molar-refractivity contribution in [3.05, 3.63) is 35.4 Å². The molecule has 0 saturated heterocycles. The number of carbonyl (C=O) groups excluding carboxylic acids is 1. The lowest BCUT2D eigenvalue weighted by atomic mass is 10.1. The molecule has 2 N–H and O–H groups in total. The number of aromatic nitrogens is 1. The monoisotopic (exact) mass is 216 g/mol. The summed E-state index contributed by atoms with van der Waals surface area (Å²) in [6.07, 6.45) is 0. The number of benzene rings is 1. The number of fused-ring (bicyclic) bond motifs is 1. The van der Waals surface area contributed by atoms with E-state index in [0.717, 1.165) is 10.9 Å². The topological polar surface area (TPSA) is 65.2 Å². The van der Waals surface area contributed by atoms with E-state index in [0.29, 0.717) is 17.0 Å². The second-order valence-electron chi connectivity index (χ2n) is 3.58. The van der Waals surface area contributed by atoms with Crippen LogP contribution in [0.1, 0.15) is 15.9 Å². The molecule has 0 atom stereocenters. The number of hydrogen-bond acceptors (Lipinski definition) is 3. The fourth-order valence-electron chi connectivity index (χ4n) is 1.66. The first-order valence-electron chi connectivity index (χ1n) is 4.87. The Hall–Kier alpha value is -2.10. The molecule has 0 bridgehead atoms. The van der Waals surface area contributed by atoms with Gasteiger partial charge in [0.25, 0.3) is 0 Å². The molecule has 0 saturated carbocycles. The van der Waals surface area contributed by atoms with Crippen molar-refractivity contribution >= 4 is 16.8 Å². The second kappa shape index (κ2) is 3.81. The van der Waals surface area contributed by atoms with Gasteiger partial charge in [0.05, 0.1) is 12.6 Å². The largest absolute Gasteiger partial charge is 0.481 e. The first kappa shape index (κ1) is 10.4. The van der Waals surface area contributed by atoms with Crippen molar-refractivity contribution in [3.63, 3.8) is 0 Å². The van der Waals surface area contributed by atoms with Gasteiger partial charge < -0.3 is 10.5 Å². The van der Waals surface area contributed by atoms with Crippen LogP contribution in [0.2, 0.25) is 0 Å². The SMILES string of the molecule is COc1ccc2c(C)cc(C(N)=O)cc2n1. The fraction of sp³-hybridized carbons (Fsp3) is 0.167. The summed E-state index contributed by atoms with van der Waals surface area (Å²) in [5.41, 5.74) is 7.40. The van der Waals surface area contributed by atoms with Gasteiger partial charge in [-0.2, -0.15) is 0 Å². The average molecular weight is 216 g/mol. The molecule has 1 aromatic carbocycles. The number of primary amides is 1. The number of rotatable bonds is 2. The minimum atomic E-state index is -0.449. The molecule has 4 nitrogen and oxygen atoms in total. The lowest BCUT2D eigenvalue weighted by molar-refractivity contribution is 0.100. The Morgan fingerprint density at radius 2 is 2.12 bits per heavy atom. The third kappa shape index (κ3) is 1.69. The molecular weight excluding hydrogens is 204 g/mol. The molecule has 0 aliphatic carbocycles. The van der Waals surface area contributed by atoms with Crippen LogP contribution in [0, 0.1) is 6.92 Å². The van der Waals surface area contributed by atoms with Crippen LogP contribution in [-0.2, 0) is 0 Å². The maximum absolute atomic E-state index is 11.1. The van der Waals surface area contributed by atoms with Crippen molar-refractivity contribution < 1.29 is 9.53 Å². The van der Waals surface area contributed by atoms with Gasteiger partial charge in [-0.05, 0) is 30.7 Å². The summed E-state index contributed by atoms with van der Waals surface area (Å²) < 4.78 is 5.04. The molecule has 1 amide bonds. The van der Waals surface area contributed by atoms with Gasteiger partial charge in [-0.25, -0.2) is 4.98 Å². The molecule has 0 radical (unpaired) electrons. The van der Waals surface area contributed by atoms with Crippen molar-refractivity contribution in [1.82, 2.24) is 4.98 Å². The van der Waals surface area contributed by atoms with Gasteiger partial charge in [0.1, 0.15) is 0 Å². The number of nitrogens with zero attached hydrogens (tertiary/aromatic N) is 1. The van der Waals surface area contributed by atoms with Gasteiger partial charge in [0, 0.05) is 17.0 Å². The van der Waals surface area contributed by atoms with E-state index in [-0.39, 0.29) is 0 Å². The third-order valence-corrected chi connectivity index (χ3v) is 2.48. The number of amides is 1. The van der Waals surface area contributed by atoms with E-state index in [4.69, 9.17) is 10.5 Å². The van der Waals surface area contributed by atoms with E-state index in [1.165, 1.54) is 0 Å². The van der Waals surface area contributed by atoms with Crippen LogP contribution in [-0.4, -0.2) is 18.0 Å². The first-order valence-corrected chi connectivity index (χ1v) is 4.87. The zero-order valence-corrected chi connectivity index (χ0v) is 9.15. The summed E-state index contributed by atoms with van der Waals surface area (Å²) in [7, 11) is 1.55. The number of nitrogens with two attached hydrogens (primary N) is 1. The molecule has 2 aromatic rings. The van der Waals surface area contributed by atoms with Crippen molar-refractivity contribution in [1.29, 1.82) is 0 Å². The van der Waals surface area contributed by atoms with Gasteiger partial charge >= 0.3 is 0 Å². The van der Waals surface area contributed by atoms with Crippen LogP contribution in [0.5, 0.6) is 5.88 Å². The molecule has 1 heterocycles. The summed E-state index contributed by atoms with van der Waals surface area (Å²) >= 11 is 0. The number of methoxy groups -OCH3 is 1. The first-order chi connectivity index (χ1) is 7.61. The standard InChI is InChI=1S/C12H12N2O2/c1-7-5-8(12(13)15)6-10-9(7)3-4-11(14-10)16-2/h3-6H,1-2H3,(H2,13,15). The van der Waals surface area contributed by atoms with E-state index in [9.17, 15) is 4.79 Å². The van der Waals surface area contributed by atoms with E-state index >= 15 is 0 Å². The highest BCUT2D eigenvalue weighted by atomic mass is 16.5. The molecule has 0 aliphatic heterocycles. The maximum Gasteiger partial charge on any atom is 0.248 e. The van der Waals surface area contributed by atoms with Crippen molar-refractivity contribution in [3.8, 4) is 5.88 Å². The van der Waals surface area contributed by atoms with Crippen LogP contribution < -0.4 is 10.5 Å². The maximum atomic E-state index is 11.1. The summed E-state index contributed by atoms with van der Waals surface area (Å²) in [6.45, 7) is 1.92. The molecule has 2 rings (SSSR count). The number of ether oxygens (including phenoxy) is 1. The number of pyridine rings is 1. The highest BCUT2D eigenvalue weighted by Crippen LogP contribution is 2.21. The lowest BCUT2D eigenvalue weighted by Crippen LogP contribution is -2.11. The number of hydrogen-bond donors (Lipinski definition) is 1.